The predicted molar refractivity (Wildman–Crippen MR) is 43.5 cm³/mol. The van der Waals surface area contributed by atoms with Crippen LogP contribution >= 0.6 is 0 Å². The number of allylic oxidation sites excluding steroid dienone is 1. The van der Waals surface area contributed by atoms with Gasteiger partial charge >= 0.3 is 0 Å². The van der Waals surface area contributed by atoms with Gasteiger partial charge in [-0.05, 0) is 18.8 Å². The van der Waals surface area contributed by atoms with Crippen LogP contribution in [0, 0.1) is 5.92 Å². The van der Waals surface area contributed by atoms with Gasteiger partial charge in [0, 0.05) is 0 Å². The lowest BCUT2D eigenvalue weighted by Gasteiger charge is -2.16. The smallest absolute Gasteiger partial charge is 0.0236 e. The Hall–Kier alpha value is -0.260. The third kappa shape index (κ3) is 2.69. The fourth-order valence-electron chi connectivity index (χ4n) is 1.37. The molecule has 0 aromatic heterocycles. The summed E-state index contributed by atoms with van der Waals surface area (Å²) in [6.45, 7) is 3.78. The Balaban J connectivity index is 0.000000640. The van der Waals surface area contributed by atoms with E-state index in [9.17, 15) is 0 Å². The van der Waals surface area contributed by atoms with Crippen molar-refractivity contribution in [2.45, 2.75) is 39.5 Å². The fourth-order valence-corrected chi connectivity index (χ4v) is 1.37. The average molecular weight is 126 g/mol. The summed E-state index contributed by atoms with van der Waals surface area (Å²) in [6.07, 6.45) is 9.20. The van der Waals surface area contributed by atoms with Gasteiger partial charge in [-0.3, -0.25) is 0 Å². The highest BCUT2D eigenvalue weighted by atomic mass is 14.1. The van der Waals surface area contributed by atoms with E-state index in [1.165, 1.54) is 32.1 Å². The summed E-state index contributed by atoms with van der Waals surface area (Å²) < 4.78 is 0. The van der Waals surface area contributed by atoms with Crippen LogP contribution in [-0.4, -0.2) is 0 Å². The van der Waals surface area contributed by atoms with Crippen LogP contribution in [0.3, 0.4) is 0 Å². The molecule has 1 rings (SSSR count). The predicted octanol–water partition coefficient (Wildman–Crippen LogP) is 3.39. The van der Waals surface area contributed by atoms with Crippen LogP contribution in [0.25, 0.3) is 0 Å². The third-order valence-corrected chi connectivity index (χ3v) is 1.98. The quantitative estimate of drug-likeness (QED) is 0.472. The SMILES string of the molecule is C.C=CC1CCCCC1. The summed E-state index contributed by atoms with van der Waals surface area (Å²) in [5.41, 5.74) is 0. The third-order valence-electron chi connectivity index (χ3n) is 1.98. The Morgan fingerprint density at radius 2 is 1.67 bits per heavy atom. The highest BCUT2D eigenvalue weighted by Gasteiger charge is 2.07. The van der Waals surface area contributed by atoms with E-state index in [2.05, 4.69) is 12.7 Å². The van der Waals surface area contributed by atoms with E-state index in [1.54, 1.807) is 0 Å². The fraction of sp³-hybridized carbons (Fsp3) is 0.778. The first-order valence-corrected chi connectivity index (χ1v) is 3.56. The molecule has 0 aliphatic heterocycles. The summed E-state index contributed by atoms with van der Waals surface area (Å²) in [7, 11) is 0. The highest BCUT2D eigenvalue weighted by molar-refractivity contribution is 4.80. The molecular formula is C9H18. The first kappa shape index (κ1) is 8.74. The van der Waals surface area contributed by atoms with E-state index in [-0.39, 0.29) is 7.43 Å². The van der Waals surface area contributed by atoms with Gasteiger partial charge in [-0.25, -0.2) is 0 Å². The zero-order valence-electron chi connectivity index (χ0n) is 5.40. The van der Waals surface area contributed by atoms with Crippen LogP contribution in [-0.2, 0) is 0 Å². The van der Waals surface area contributed by atoms with E-state index in [1.807, 2.05) is 0 Å². The van der Waals surface area contributed by atoms with Crippen molar-refractivity contribution < 1.29 is 0 Å². The van der Waals surface area contributed by atoms with Gasteiger partial charge < -0.3 is 0 Å². The monoisotopic (exact) mass is 126 g/mol. The molecule has 54 valence electrons. The zero-order valence-corrected chi connectivity index (χ0v) is 5.40. The molecule has 0 N–H and O–H groups in total. The standard InChI is InChI=1S/C8H14.CH4/c1-2-8-6-4-3-5-7-8;/h2,8H,1,3-7H2;1H4. The topological polar surface area (TPSA) is 0 Å². The van der Waals surface area contributed by atoms with Crippen molar-refractivity contribution in [3.63, 3.8) is 0 Å². The molecule has 1 aliphatic rings. The van der Waals surface area contributed by atoms with Crippen LogP contribution < -0.4 is 0 Å². The Morgan fingerprint density at radius 1 is 1.11 bits per heavy atom. The summed E-state index contributed by atoms with van der Waals surface area (Å²) in [5, 5.41) is 0. The van der Waals surface area contributed by atoms with Crippen LogP contribution in [0.4, 0.5) is 0 Å². The number of hydrogen-bond donors (Lipinski definition) is 0. The molecule has 0 aromatic rings. The first-order valence-electron chi connectivity index (χ1n) is 3.56. The van der Waals surface area contributed by atoms with Crippen LogP contribution in [0.5, 0.6) is 0 Å². The van der Waals surface area contributed by atoms with E-state index in [0.717, 1.165) is 5.92 Å². The molecular weight excluding hydrogens is 108 g/mol. The molecule has 0 amide bonds. The van der Waals surface area contributed by atoms with Crippen molar-refractivity contribution in [3.8, 4) is 0 Å². The summed E-state index contributed by atoms with van der Waals surface area (Å²) in [4.78, 5) is 0. The van der Waals surface area contributed by atoms with Gasteiger partial charge in [0.1, 0.15) is 0 Å². The molecule has 0 heteroatoms. The Kier molecular flexibility index (Phi) is 4.47. The average Bonchev–Trinajstić information content (AvgIpc) is 1.90. The molecule has 1 fully saturated rings. The van der Waals surface area contributed by atoms with Gasteiger partial charge in [0.2, 0.25) is 0 Å². The second-order valence-electron chi connectivity index (χ2n) is 2.63. The van der Waals surface area contributed by atoms with Gasteiger partial charge in [0.25, 0.3) is 0 Å². The molecule has 0 spiro atoms. The van der Waals surface area contributed by atoms with E-state index >= 15 is 0 Å². The largest absolute Gasteiger partial charge is 0.103 e. The highest BCUT2D eigenvalue weighted by Crippen LogP contribution is 2.23. The number of hydrogen-bond acceptors (Lipinski definition) is 0. The summed E-state index contributed by atoms with van der Waals surface area (Å²) in [5.74, 6) is 0.851. The Bertz CT molecular complexity index is 68.1. The molecule has 0 unspecified atom stereocenters. The van der Waals surface area contributed by atoms with Crippen LogP contribution in [0.2, 0.25) is 0 Å². The first-order chi connectivity index (χ1) is 3.93. The van der Waals surface area contributed by atoms with E-state index in [4.69, 9.17) is 0 Å². The lowest BCUT2D eigenvalue weighted by Crippen LogP contribution is -2.01. The molecule has 0 nitrogen and oxygen atoms in total. The van der Waals surface area contributed by atoms with E-state index in [0.29, 0.717) is 0 Å². The van der Waals surface area contributed by atoms with Gasteiger partial charge in [-0.1, -0.05) is 32.8 Å². The zero-order chi connectivity index (χ0) is 5.82. The molecule has 0 heterocycles. The van der Waals surface area contributed by atoms with Gasteiger partial charge in [-0.2, -0.15) is 0 Å². The van der Waals surface area contributed by atoms with Crippen LogP contribution in [0.1, 0.15) is 39.5 Å². The van der Waals surface area contributed by atoms with Crippen molar-refractivity contribution in [3.05, 3.63) is 12.7 Å². The molecule has 0 saturated heterocycles. The maximum atomic E-state index is 3.78. The van der Waals surface area contributed by atoms with Gasteiger partial charge in [0.15, 0.2) is 0 Å². The molecule has 0 aromatic carbocycles. The summed E-state index contributed by atoms with van der Waals surface area (Å²) >= 11 is 0. The minimum atomic E-state index is 0. The molecule has 0 bridgehead atoms. The van der Waals surface area contributed by atoms with E-state index < -0.39 is 0 Å². The molecule has 0 radical (unpaired) electrons. The van der Waals surface area contributed by atoms with Gasteiger partial charge in [-0.15, -0.1) is 6.58 Å². The van der Waals surface area contributed by atoms with Crippen molar-refractivity contribution >= 4 is 0 Å². The second-order valence-corrected chi connectivity index (χ2v) is 2.63. The van der Waals surface area contributed by atoms with Crippen molar-refractivity contribution in [1.82, 2.24) is 0 Å². The minimum Gasteiger partial charge on any atom is -0.103 e. The Labute approximate surface area is 59.0 Å². The molecule has 1 aliphatic carbocycles. The van der Waals surface area contributed by atoms with Crippen molar-refractivity contribution in [1.29, 1.82) is 0 Å². The summed E-state index contributed by atoms with van der Waals surface area (Å²) in [6, 6.07) is 0. The second kappa shape index (κ2) is 4.60. The molecule has 9 heavy (non-hydrogen) atoms. The molecule has 0 atom stereocenters. The minimum absolute atomic E-state index is 0. The normalized spacial score (nSPS) is 20.4. The maximum absolute atomic E-state index is 3.78. The lowest BCUT2D eigenvalue weighted by atomic mass is 9.90. The van der Waals surface area contributed by atoms with Gasteiger partial charge in [0.05, 0.1) is 0 Å². The number of rotatable bonds is 1. The Morgan fingerprint density at radius 3 is 2.00 bits per heavy atom. The molecule has 1 saturated carbocycles. The van der Waals surface area contributed by atoms with Crippen molar-refractivity contribution in [2.24, 2.45) is 5.92 Å². The van der Waals surface area contributed by atoms with Crippen molar-refractivity contribution in [2.75, 3.05) is 0 Å². The maximum Gasteiger partial charge on any atom is -0.0236 e. The lowest BCUT2D eigenvalue weighted by molar-refractivity contribution is 0.420. The van der Waals surface area contributed by atoms with Crippen LogP contribution in [0.15, 0.2) is 12.7 Å².